The van der Waals surface area contributed by atoms with E-state index in [0.29, 0.717) is 5.75 Å². The lowest BCUT2D eigenvalue weighted by atomic mass is 9.77. The first kappa shape index (κ1) is 35.9. The number of phosphoric acid groups is 1. The van der Waals surface area contributed by atoms with Gasteiger partial charge in [0.1, 0.15) is 17.9 Å². The molecule has 5 atom stereocenters. The molecule has 0 saturated carbocycles. The number of methoxy groups -OCH3 is 1. The summed E-state index contributed by atoms with van der Waals surface area (Å²) in [6.45, 7) is 5.91. The third kappa shape index (κ3) is 6.32. The Hall–Kier alpha value is -4.46. The van der Waals surface area contributed by atoms with Crippen molar-refractivity contribution in [2.24, 2.45) is 5.92 Å². The Morgan fingerprint density at radius 3 is 2.23 bits per heavy atom. The van der Waals surface area contributed by atoms with E-state index in [1.54, 1.807) is 14.0 Å². The number of nitrogens with one attached hydrogen (secondary N) is 1. The van der Waals surface area contributed by atoms with Gasteiger partial charge in [0.05, 0.1) is 26.7 Å². The van der Waals surface area contributed by atoms with E-state index in [-0.39, 0.29) is 42.1 Å². The van der Waals surface area contributed by atoms with Gasteiger partial charge in [0.2, 0.25) is 11.8 Å². The third-order valence-electron chi connectivity index (χ3n) is 9.07. The number of phosphoric ester groups is 1. The summed E-state index contributed by atoms with van der Waals surface area (Å²) in [5.74, 6) is -1.96. The zero-order valence-corrected chi connectivity index (χ0v) is 30.3. The van der Waals surface area contributed by atoms with Crippen LogP contribution in [0, 0.1) is 5.92 Å². The molecule has 0 aliphatic carbocycles. The Bertz CT molecular complexity index is 2030. The van der Waals surface area contributed by atoms with Gasteiger partial charge in [0.15, 0.2) is 29.2 Å². The van der Waals surface area contributed by atoms with E-state index in [1.807, 2.05) is 98.8 Å². The summed E-state index contributed by atoms with van der Waals surface area (Å²) in [6, 6.07) is 27.2. The quantitative estimate of drug-likeness (QED) is 0.0998. The molecule has 2 fully saturated rings. The molecule has 12 nitrogen and oxygen atoms in total. The number of ether oxygens (including phenoxy) is 3. The SMILES string of the molecule is CCOc1nc(NC(c2ccccc2)(c2ccccc2)c2ccc(OC)cc2)nc2c1ncn2[C@@H]1O[C@]2(F)CO[P@](=O)(OCC(C)C)O[C@H]2[C@@]1(C)F. The summed E-state index contributed by atoms with van der Waals surface area (Å²) in [6.07, 6.45) is -2.37. The van der Waals surface area contributed by atoms with Crippen molar-refractivity contribution >= 4 is 24.9 Å². The molecule has 2 aliphatic rings. The normalized spacial score (nSPS) is 26.0. The molecule has 0 spiro atoms. The largest absolute Gasteiger partial charge is 0.497 e. The number of aromatic nitrogens is 4. The van der Waals surface area contributed by atoms with Crippen LogP contribution >= 0.6 is 7.82 Å². The first-order chi connectivity index (χ1) is 24.9. The number of imidazole rings is 1. The van der Waals surface area contributed by atoms with E-state index in [4.69, 9.17) is 37.7 Å². The maximum atomic E-state index is 17.0. The fraction of sp³-hybridized carbons (Fsp3) is 0.378. The number of alkyl halides is 2. The van der Waals surface area contributed by atoms with E-state index in [1.165, 1.54) is 10.9 Å². The highest BCUT2D eigenvalue weighted by molar-refractivity contribution is 7.48. The number of fused-ring (bicyclic) bond motifs is 2. The Kier molecular flexibility index (Phi) is 9.55. The number of benzene rings is 3. The van der Waals surface area contributed by atoms with Crippen LogP contribution in [0.2, 0.25) is 0 Å². The van der Waals surface area contributed by atoms with Crippen molar-refractivity contribution in [3.8, 4) is 11.6 Å². The highest BCUT2D eigenvalue weighted by atomic mass is 31.2. The number of hydrogen-bond acceptors (Lipinski definition) is 11. The summed E-state index contributed by atoms with van der Waals surface area (Å²) in [5.41, 5.74) is -0.845. The Labute approximate surface area is 300 Å². The minimum Gasteiger partial charge on any atom is -0.497 e. The Morgan fingerprint density at radius 1 is 1.00 bits per heavy atom. The van der Waals surface area contributed by atoms with Crippen LogP contribution in [0.1, 0.15) is 50.6 Å². The molecular weight excluding hydrogens is 695 g/mol. The molecule has 0 bridgehead atoms. The average molecular weight is 736 g/mol. The number of anilines is 1. The van der Waals surface area contributed by atoms with E-state index in [9.17, 15) is 4.57 Å². The van der Waals surface area contributed by atoms with Gasteiger partial charge in [-0.1, -0.05) is 86.6 Å². The fourth-order valence-electron chi connectivity index (χ4n) is 6.63. The topological polar surface area (TPSA) is 128 Å². The van der Waals surface area contributed by atoms with Gasteiger partial charge in [-0.25, -0.2) is 18.3 Å². The summed E-state index contributed by atoms with van der Waals surface area (Å²) >= 11 is 0. The molecule has 1 N–H and O–H groups in total. The number of nitrogens with zero attached hydrogens (tertiary/aromatic N) is 4. The van der Waals surface area contributed by atoms with Gasteiger partial charge < -0.3 is 19.5 Å². The number of rotatable bonds is 12. The van der Waals surface area contributed by atoms with Gasteiger partial charge in [0, 0.05) is 0 Å². The first-order valence-corrected chi connectivity index (χ1v) is 18.4. The lowest BCUT2D eigenvalue weighted by molar-refractivity contribution is -0.220. The second kappa shape index (κ2) is 13.8. The molecule has 15 heteroatoms. The minimum absolute atomic E-state index is 0.000388. The van der Waals surface area contributed by atoms with Crippen molar-refractivity contribution in [2.45, 2.75) is 57.1 Å². The summed E-state index contributed by atoms with van der Waals surface area (Å²) in [7, 11) is -2.70. The molecule has 2 aromatic heterocycles. The maximum absolute atomic E-state index is 17.0. The van der Waals surface area contributed by atoms with E-state index < -0.39 is 43.8 Å². The molecule has 274 valence electrons. The van der Waals surface area contributed by atoms with E-state index >= 15 is 8.78 Å². The number of halogens is 2. The standard InChI is InChI=1S/C37H40F2N5O7P/c1-6-47-31-29-30(44(23-40-29)33-35(4,38)32-36(39,50-33)22-49-52(45,51-32)48-21-24(2)3)41-34(42-31)43-37(25-13-9-7-10-14-25,26-15-11-8-12-16-26)27-17-19-28(46-5)20-18-27/h7-20,23-24,32-33H,6,21-22H2,1-5H3,(H,41,42,43)/t32-,33+,35+,36+,52-/m0/s1. The highest BCUT2D eigenvalue weighted by Gasteiger charge is 2.70. The Morgan fingerprint density at radius 2 is 1.63 bits per heavy atom. The van der Waals surface area contributed by atoms with Crippen LogP contribution in [0.25, 0.3) is 11.2 Å². The van der Waals surface area contributed by atoms with E-state index in [2.05, 4.69) is 10.3 Å². The van der Waals surface area contributed by atoms with Crippen molar-refractivity contribution in [1.29, 1.82) is 0 Å². The summed E-state index contributed by atoms with van der Waals surface area (Å²) < 4.78 is 81.0. The van der Waals surface area contributed by atoms with Crippen LogP contribution in [-0.4, -0.2) is 64.1 Å². The van der Waals surface area contributed by atoms with Crippen LogP contribution in [0.4, 0.5) is 14.7 Å². The molecule has 0 radical (unpaired) electrons. The second-order valence-electron chi connectivity index (χ2n) is 13.2. The van der Waals surface area contributed by atoms with Gasteiger partial charge in [-0.3, -0.25) is 18.1 Å². The summed E-state index contributed by atoms with van der Waals surface area (Å²) in [4.78, 5) is 14.1. The highest BCUT2D eigenvalue weighted by Crippen LogP contribution is 2.63. The monoisotopic (exact) mass is 735 g/mol. The zero-order chi connectivity index (χ0) is 36.7. The predicted octanol–water partition coefficient (Wildman–Crippen LogP) is 7.76. The molecule has 3 aromatic carbocycles. The van der Waals surface area contributed by atoms with Crippen molar-refractivity contribution in [2.75, 3.05) is 32.2 Å². The maximum Gasteiger partial charge on any atom is 0.475 e. The molecule has 52 heavy (non-hydrogen) atoms. The fourth-order valence-corrected chi connectivity index (χ4v) is 8.26. The molecule has 7 rings (SSSR count). The van der Waals surface area contributed by atoms with Gasteiger partial charge >= 0.3 is 7.82 Å². The molecular formula is C37H40F2N5O7P. The predicted molar refractivity (Wildman–Crippen MR) is 189 cm³/mol. The van der Waals surface area contributed by atoms with Crippen LogP contribution in [0.3, 0.4) is 0 Å². The third-order valence-corrected chi connectivity index (χ3v) is 10.5. The second-order valence-corrected chi connectivity index (χ2v) is 14.9. The van der Waals surface area contributed by atoms with Crippen LogP contribution < -0.4 is 14.8 Å². The lowest BCUT2D eigenvalue weighted by Crippen LogP contribution is -2.51. The molecule has 0 amide bonds. The van der Waals surface area contributed by atoms with Crippen molar-refractivity contribution in [3.05, 3.63) is 108 Å². The van der Waals surface area contributed by atoms with Crippen LogP contribution in [0.15, 0.2) is 91.3 Å². The van der Waals surface area contributed by atoms with Crippen LogP contribution in [-0.2, 0) is 28.4 Å². The van der Waals surface area contributed by atoms with Crippen molar-refractivity contribution in [1.82, 2.24) is 19.5 Å². The summed E-state index contributed by atoms with van der Waals surface area (Å²) in [5, 5.41) is 3.60. The van der Waals surface area contributed by atoms with Crippen LogP contribution in [0.5, 0.6) is 11.6 Å². The van der Waals surface area contributed by atoms with E-state index in [0.717, 1.165) is 23.6 Å². The molecule has 5 aromatic rings. The van der Waals surface area contributed by atoms with Gasteiger partial charge in [0.25, 0.3) is 5.85 Å². The van der Waals surface area contributed by atoms with Gasteiger partial charge in [-0.2, -0.15) is 9.97 Å². The smallest absolute Gasteiger partial charge is 0.475 e. The molecule has 4 heterocycles. The minimum atomic E-state index is -4.30. The average Bonchev–Trinajstić information content (AvgIpc) is 3.66. The molecule has 2 aliphatic heterocycles. The van der Waals surface area contributed by atoms with Crippen molar-refractivity contribution in [3.63, 3.8) is 0 Å². The van der Waals surface area contributed by atoms with Gasteiger partial charge in [-0.15, -0.1) is 0 Å². The first-order valence-electron chi connectivity index (χ1n) is 17.0. The molecule has 0 unspecified atom stereocenters. The molecule has 2 saturated heterocycles. The van der Waals surface area contributed by atoms with Gasteiger partial charge in [-0.05, 0) is 48.6 Å². The Balaban J connectivity index is 1.36. The lowest BCUT2D eigenvalue weighted by Gasteiger charge is -2.37. The number of hydrogen-bond donors (Lipinski definition) is 1. The zero-order valence-electron chi connectivity index (χ0n) is 29.4. The van der Waals surface area contributed by atoms with Crippen molar-refractivity contribution < 1.29 is 41.1 Å².